The van der Waals surface area contributed by atoms with E-state index in [1.54, 1.807) is 0 Å². The van der Waals surface area contributed by atoms with Crippen molar-refractivity contribution >= 4 is 10.9 Å². The van der Waals surface area contributed by atoms with Crippen LogP contribution in [0.1, 0.15) is 11.1 Å². The van der Waals surface area contributed by atoms with Crippen LogP contribution in [-0.4, -0.2) is 45.6 Å². The van der Waals surface area contributed by atoms with E-state index in [0.717, 1.165) is 47.3 Å². The van der Waals surface area contributed by atoms with Crippen LogP contribution in [-0.2, 0) is 20.0 Å². The number of aromatic nitrogens is 2. The minimum absolute atomic E-state index is 0.280. The van der Waals surface area contributed by atoms with Gasteiger partial charge in [0.05, 0.1) is 11.7 Å². The van der Waals surface area contributed by atoms with Crippen LogP contribution in [0.2, 0.25) is 0 Å². The molecule has 2 heterocycles. The Bertz CT molecular complexity index is 1200. The molecule has 0 spiro atoms. The quantitative estimate of drug-likeness (QED) is 0.518. The minimum atomic E-state index is -0.528. The number of aryl methyl sites for hydroxylation is 1. The Morgan fingerprint density at radius 2 is 1.84 bits per heavy atom. The highest BCUT2D eigenvalue weighted by Gasteiger charge is 2.18. The molecule has 5 heteroatoms. The second-order valence-corrected chi connectivity index (χ2v) is 8.29. The summed E-state index contributed by atoms with van der Waals surface area (Å²) in [7, 11) is 1.95. The van der Waals surface area contributed by atoms with Gasteiger partial charge >= 0.3 is 0 Å². The van der Waals surface area contributed by atoms with Crippen molar-refractivity contribution in [2.24, 2.45) is 7.05 Å². The Hall–Kier alpha value is -3.15. The second-order valence-electron chi connectivity index (χ2n) is 8.29. The molecule has 158 valence electrons. The van der Waals surface area contributed by atoms with Gasteiger partial charge in [0, 0.05) is 32.1 Å². The number of ether oxygens (including phenoxy) is 1. The van der Waals surface area contributed by atoms with Crippen LogP contribution in [0.15, 0.2) is 72.9 Å². The lowest BCUT2D eigenvalue weighted by Gasteiger charge is -2.30. The molecule has 0 amide bonds. The van der Waals surface area contributed by atoms with Crippen LogP contribution < -0.4 is 4.74 Å². The maximum atomic E-state index is 10.5. The van der Waals surface area contributed by atoms with Gasteiger partial charge in [-0.25, -0.2) is 0 Å². The monoisotopic (exact) mass is 413 g/mol. The van der Waals surface area contributed by atoms with Gasteiger partial charge in [-0.05, 0) is 46.9 Å². The summed E-state index contributed by atoms with van der Waals surface area (Å²) in [5, 5.41) is 16.0. The molecular formula is C26H27N3O2. The zero-order valence-corrected chi connectivity index (χ0v) is 17.7. The fourth-order valence-corrected chi connectivity index (χ4v) is 4.34. The molecule has 1 N–H and O–H groups in total. The van der Waals surface area contributed by atoms with E-state index < -0.39 is 6.10 Å². The van der Waals surface area contributed by atoms with E-state index in [0.29, 0.717) is 6.54 Å². The lowest BCUT2D eigenvalue weighted by molar-refractivity contribution is 0.0638. The van der Waals surface area contributed by atoms with Crippen molar-refractivity contribution in [3.05, 3.63) is 84.1 Å². The van der Waals surface area contributed by atoms with E-state index in [9.17, 15) is 5.11 Å². The molecule has 1 atom stereocenters. The summed E-state index contributed by atoms with van der Waals surface area (Å²) >= 11 is 0. The Morgan fingerprint density at radius 3 is 2.74 bits per heavy atom. The molecule has 3 aromatic carbocycles. The molecule has 0 saturated carbocycles. The number of nitrogens with zero attached hydrogens (tertiary/aromatic N) is 3. The third-order valence-electron chi connectivity index (χ3n) is 6.04. The van der Waals surface area contributed by atoms with Gasteiger partial charge in [0.15, 0.2) is 0 Å². The van der Waals surface area contributed by atoms with Crippen LogP contribution in [0, 0.1) is 0 Å². The van der Waals surface area contributed by atoms with Crippen LogP contribution >= 0.6 is 0 Å². The van der Waals surface area contributed by atoms with E-state index in [1.165, 1.54) is 11.1 Å². The molecule has 1 unspecified atom stereocenters. The Kier molecular flexibility index (Phi) is 5.45. The Morgan fingerprint density at radius 1 is 1.00 bits per heavy atom. The molecule has 0 aliphatic carbocycles. The number of β-amino-alcohol motifs (C(OH)–C–C–N with tert-alkyl or cyclic N) is 1. The summed E-state index contributed by atoms with van der Waals surface area (Å²) in [6.07, 6.45) is 2.38. The van der Waals surface area contributed by atoms with Crippen LogP contribution in [0.3, 0.4) is 0 Å². The fraction of sp³-hybridized carbons (Fsp3) is 0.269. The normalized spacial score (nSPS) is 15.0. The van der Waals surface area contributed by atoms with Crippen molar-refractivity contribution in [1.82, 2.24) is 14.7 Å². The summed E-state index contributed by atoms with van der Waals surface area (Å²) in [4.78, 5) is 2.30. The minimum Gasteiger partial charge on any atom is -0.491 e. The first-order valence-electron chi connectivity index (χ1n) is 10.8. The molecular weight excluding hydrogens is 386 g/mol. The van der Waals surface area contributed by atoms with Crippen molar-refractivity contribution in [1.29, 1.82) is 0 Å². The molecule has 5 nitrogen and oxygen atoms in total. The van der Waals surface area contributed by atoms with E-state index in [1.807, 2.05) is 36.1 Å². The van der Waals surface area contributed by atoms with Gasteiger partial charge in [0.25, 0.3) is 0 Å². The lowest BCUT2D eigenvalue weighted by Crippen LogP contribution is -2.38. The second kappa shape index (κ2) is 8.53. The van der Waals surface area contributed by atoms with E-state index >= 15 is 0 Å². The zero-order chi connectivity index (χ0) is 21.2. The number of fused-ring (bicyclic) bond motifs is 2. The topological polar surface area (TPSA) is 50.5 Å². The largest absolute Gasteiger partial charge is 0.491 e. The molecule has 0 fully saturated rings. The van der Waals surface area contributed by atoms with Gasteiger partial charge in [-0.1, -0.05) is 48.5 Å². The van der Waals surface area contributed by atoms with Crippen molar-refractivity contribution in [3.63, 3.8) is 0 Å². The van der Waals surface area contributed by atoms with Gasteiger partial charge in [0.2, 0.25) is 0 Å². The Balaban J connectivity index is 1.21. The van der Waals surface area contributed by atoms with Gasteiger partial charge < -0.3 is 9.84 Å². The highest BCUT2D eigenvalue weighted by molar-refractivity contribution is 5.84. The third-order valence-corrected chi connectivity index (χ3v) is 6.04. The molecule has 0 bridgehead atoms. The lowest BCUT2D eigenvalue weighted by atomic mass is 10.00. The van der Waals surface area contributed by atoms with Crippen molar-refractivity contribution in [2.45, 2.75) is 19.1 Å². The van der Waals surface area contributed by atoms with Gasteiger partial charge in [0.1, 0.15) is 18.5 Å². The summed E-state index contributed by atoms with van der Waals surface area (Å²) < 4.78 is 7.83. The zero-order valence-electron chi connectivity index (χ0n) is 17.7. The molecule has 4 aromatic rings. The van der Waals surface area contributed by atoms with Gasteiger partial charge in [-0.3, -0.25) is 9.58 Å². The van der Waals surface area contributed by atoms with Gasteiger partial charge in [-0.2, -0.15) is 5.10 Å². The highest BCUT2D eigenvalue weighted by atomic mass is 16.5. The average molecular weight is 414 g/mol. The number of aliphatic hydroxyl groups is 1. The fourth-order valence-electron chi connectivity index (χ4n) is 4.34. The highest BCUT2D eigenvalue weighted by Crippen LogP contribution is 2.27. The smallest absolute Gasteiger partial charge is 0.120 e. The first-order chi connectivity index (χ1) is 15.2. The number of rotatable bonds is 6. The molecule has 0 saturated heterocycles. The summed E-state index contributed by atoms with van der Waals surface area (Å²) in [5.41, 5.74) is 6.09. The summed E-state index contributed by atoms with van der Waals surface area (Å²) in [6, 6.07) is 22.9. The maximum absolute atomic E-state index is 10.5. The molecule has 1 aliphatic heterocycles. The van der Waals surface area contributed by atoms with Crippen molar-refractivity contribution < 1.29 is 9.84 Å². The summed E-state index contributed by atoms with van der Waals surface area (Å²) in [6.45, 7) is 2.76. The van der Waals surface area contributed by atoms with Crippen LogP contribution in [0.5, 0.6) is 5.75 Å². The first-order valence-corrected chi connectivity index (χ1v) is 10.8. The molecule has 5 rings (SSSR count). The molecule has 1 aromatic heterocycles. The maximum Gasteiger partial charge on any atom is 0.120 e. The average Bonchev–Trinajstić information content (AvgIpc) is 3.18. The first kappa shape index (κ1) is 19.8. The molecule has 0 radical (unpaired) electrons. The van der Waals surface area contributed by atoms with Crippen molar-refractivity contribution in [3.8, 4) is 16.9 Å². The van der Waals surface area contributed by atoms with Crippen LogP contribution in [0.4, 0.5) is 0 Å². The van der Waals surface area contributed by atoms with Gasteiger partial charge in [-0.15, -0.1) is 0 Å². The number of hydrogen-bond acceptors (Lipinski definition) is 4. The number of benzene rings is 3. The van der Waals surface area contributed by atoms with E-state index in [2.05, 4.69) is 58.5 Å². The molecule has 31 heavy (non-hydrogen) atoms. The predicted molar refractivity (Wildman–Crippen MR) is 123 cm³/mol. The third kappa shape index (κ3) is 4.33. The number of aliphatic hydroxyl groups excluding tert-OH is 1. The standard InChI is InChI=1S/C26H27N3O2/c1-28-26-14-21(9-10-22(26)15-27-28)20-7-4-8-25(13-20)31-18-24(30)17-29-12-11-19-5-2-3-6-23(19)16-29/h2-10,13-15,24,30H,11-12,16-18H2,1H3. The van der Waals surface area contributed by atoms with E-state index in [4.69, 9.17) is 4.74 Å². The van der Waals surface area contributed by atoms with Crippen LogP contribution in [0.25, 0.3) is 22.0 Å². The summed E-state index contributed by atoms with van der Waals surface area (Å²) in [5.74, 6) is 0.769. The van der Waals surface area contributed by atoms with E-state index in [-0.39, 0.29) is 6.61 Å². The van der Waals surface area contributed by atoms with Crippen molar-refractivity contribution in [2.75, 3.05) is 19.7 Å². The number of hydrogen-bond donors (Lipinski definition) is 1. The SMILES string of the molecule is Cn1ncc2ccc(-c3cccc(OCC(O)CN4CCc5ccccc5C4)c3)cc21. The predicted octanol–water partition coefficient (Wildman–Crippen LogP) is 4.04. The Labute approximate surface area is 182 Å². The molecule has 1 aliphatic rings.